The molecular formula is C23H30O3. The maximum atomic E-state index is 10.4. The number of rotatable bonds is 6. The lowest BCUT2D eigenvalue weighted by Gasteiger charge is -2.22. The number of aliphatic carboxylic acids is 1. The van der Waals surface area contributed by atoms with Crippen LogP contribution < -0.4 is 0 Å². The maximum absolute atomic E-state index is 10.4. The zero-order chi connectivity index (χ0) is 18.6. The number of para-hydroxylation sites is 1. The van der Waals surface area contributed by atoms with Crippen LogP contribution in [0.4, 0.5) is 0 Å². The molecule has 1 aliphatic rings. The van der Waals surface area contributed by atoms with E-state index < -0.39 is 5.97 Å². The molecule has 0 spiro atoms. The molecule has 1 aliphatic carbocycles. The molecule has 1 fully saturated rings. The number of unbranched alkanes of at least 4 members (excludes halogenated alkanes) is 1. The first-order valence-corrected chi connectivity index (χ1v) is 9.70. The van der Waals surface area contributed by atoms with Gasteiger partial charge in [-0.15, -0.1) is 0 Å². The van der Waals surface area contributed by atoms with E-state index in [-0.39, 0.29) is 0 Å². The zero-order valence-corrected chi connectivity index (χ0v) is 15.4. The van der Waals surface area contributed by atoms with E-state index >= 15 is 0 Å². The molecule has 0 unspecified atom stereocenters. The van der Waals surface area contributed by atoms with E-state index in [1.807, 2.05) is 6.07 Å². The number of hydrogen-bond donors (Lipinski definition) is 2. The molecule has 0 saturated heterocycles. The van der Waals surface area contributed by atoms with Gasteiger partial charge in [-0.05, 0) is 61.3 Å². The highest BCUT2D eigenvalue weighted by molar-refractivity contribution is 5.66. The Hall–Kier alpha value is -2.29. The lowest BCUT2D eigenvalue weighted by molar-refractivity contribution is -0.137. The first-order valence-electron chi connectivity index (χ1n) is 9.70. The third-order valence-electron chi connectivity index (χ3n) is 4.92. The van der Waals surface area contributed by atoms with Crippen molar-refractivity contribution in [3.63, 3.8) is 0 Å². The van der Waals surface area contributed by atoms with Crippen LogP contribution in [0.15, 0.2) is 54.6 Å². The molecule has 3 nitrogen and oxygen atoms in total. The monoisotopic (exact) mass is 354 g/mol. The van der Waals surface area contributed by atoms with E-state index in [0.717, 1.165) is 25.2 Å². The first kappa shape index (κ1) is 20.0. The number of carboxylic acid groups (broad SMARTS) is 1. The van der Waals surface area contributed by atoms with Gasteiger partial charge in [-0.2, -0.15) is 0 Å². The summed E-state index contributed by atoms with van der Waals surface area (Å²) in [6, 6.07) is 17.7. The largest absolute Gasteiger partial charge is 0.508 e. The highest BCUT2D eigenvalue weighted by Gasteiger charge is 2.14. The van der Waals surface area contributed by atoms with E-state index in [1.165, 1.54) is 43.2 Å². The SMILES string of the molecule is O=C(O)CCCCc1ccc(C2CCCCC2)cc1.Oc1ccccc1. The van der Waals surface area contributed by atoms with Crippen molar-refractivity contribution in [2.24, 2.45) is 0 Å². The van der Waals surface area contributed by atoms with Crippen molar-refractivity contribution < 1.29 is 15.0 Å². The zero-order valence-electron chi connectivity index (χ0n) is 15.4. The predicted octanol–water partition coefficient (Wildman–Crippen LogP) is 5.92. The number of carboxylic acids is 1. The Labute approximate surface area is 156 Å². The van der Waals surface area contributed by atoms with Gasteiger partial charge in [0.05, 0.1) is 0 Å². The fraction of sp³-hybridized carbons (Fsp3) is 0.435. The van der Waals surface area contributed by atoms with Crippen molar-refractivity contribution in [3.05, 3.63) is 65.7 Å². The molecule has 2 N–H and O–H groups in total. The summed E-state index contributed by atoms with van der Waals surface area (Å²) in [5.41, 5.74) is 2.83. The van der Waals surface area contributed by atoms with Gasteiger partial charge in [0.2, 0.25) is 0 Å². The molecule has 0 heterocycles. The number of hydrogen-bond acceptors (Lipinski definition) is 2. The van der Waals surface area contributed by atoms with E-state index in [1.54, 1.807) is 24.3 Å². The summed E-state index contributed by atoms with van der Waals surface area (Å²) in [6.45, 7) is 0. The fourth-order valence-electron chi connectivity index (χ4n) is 3.43. The van der Waals surface area contributed by atoms with Crippen molar-refractivity contribution in [1.82, 2.24) is 0 Å². The summed E-state index contributed by atoms with van der Waals surface area (Å²) in [5, 5.41) is 17.2. The maximum Gasteiger partial charge on any atom is 0.303 e. The van der Waals surface area contributed by atoms with Gasteiger partial charge in [0.1, 0.15) is 5.75 Å². The topological polar surface area (TPSA) is 57.5 Å². The van der Waals surface area contributed by atoms with Crippen LogP contribution in [0.5, 0.6) is 5.75 Å². The van der Waals surface area contributed by atoms with Crippen LogP contribution in [0.1, 0.15) is 68.4 Å². The molecule has 140 valence electrons. The van der Waals surface area contributed by atoms with Crippen LogP contribution in [-0.2, 0) is 11.2 Å². The number of benzene rings is 2. The van der Waals surface area contributed by atoms with Crippen molar-refractivity contribution in [2.75, 3.05) is 0 Å². The smallest absolute Gasteiger partial charge is 0.303 e. The molecule has 1 saturated carbocycles. The van der Waals surface area contributed by atoms with Gasteiger partial charge in [-0.3, -0.25) is 4.79 Å². The Kier molecular flexibility index (Phi) is 8.74. The molecule has 0 aromatic heterocycles. The number of aryl methyl sites for hydroxylation is 1. The second-order valence-electron chi connectivity index (χ2n) is 7.01. The van der Waals surface area contributed by atoms with Crippen LogP contribution in [0.2, 0.25) is 0 Å². The van der Waals surface area contributed by atoms with Crippen LogP contribution in [0, 0.1) is 0 Å². The Morgan fingerprint density at radius 2 is 1.54 bits per heavy atom. The fourth-order valence-corrected chi connectivity index (χ4v) is 3.43. The van der Waals surface area contributed by atoms with Gasteiger partial charge in [-0.1, -0.05) is 61.7 Å². The molecule has 0 aliphatic heterocycles. The highest BCUT2D eigenvalue weighted by atomic mass is 16.4. The Balaban J connectivity index is 0.000000290. The van der Waals surface area contributed by atoms with Crippen LogP contribution >= 0.6 is 0 Å². The van der Waals surface area contributed by atoms with E-state index in [9.17, 15) is 4.79 Å². The van der Waals surface area contributed by atoms with Crippen molar-refractivity contribution in [1.29, 1.82) is 0 Å². The van der Waals surface area contributed by atoms with Crippen LogP contribution in [0.3, 0.4) is 0 Å². The number of phenolic OH excluding ortho intramolecular Hbond substituents is 1. The van der Waals surface area contributed by atoms with Gasteiger partial charge < -0.3 is 10.2 Å². The lowest BCUT2D eigenvalue weighted by Crippen LogP contribution is -2.04. The van der Waals surface area contributed by atoms with Crippen molar-refractivity contribution in [2.45, 2.75) is 63.7 Å². The number of carbonyl (C=O) groups is 1. The van der Waals surface area contributed by atoms with E-state index in [0.29, 0.717) is 12.2 Å². The molecule has 0 amide bonds. The highest BCUT2D eigenvalue weighted by Crippen LogP contribution is 2.32. The molecular weight excluding hydrogens is 324 g/mol. The summed E-state index contributed by atoms with van der Waals surface area (Å²) >= 11 is 0. The second-order valence-corrected chi connectivity index (χ2v) is 7.01. The van der Waals surface area contributed by atoms with E-state index in [2.05, 4.69) is 24.3 Å². The molecule has 0 radical (unpaired) electrons. The lowest BCUT2D eigenvalue weighted by atomic mass is 9.84. The molecule has 2 aromatic carbocycles. The third-order valence-corrected chi connectivity index (χ3v) is 4.92. The quantitative estimate of drug-likeness (QED) is 0.633. The standard InChI is InChI=1S/C17H24O2.C6H6O/c18-17(19)9-5-4-6-14-10-12-16(13-11-14)15-7-2-1-3-8-15;7-6-4-2-1-3-5-6/h10-13,15H,1-9H2,(H,18,19);1-5,7H. The Morgan fingerprint density at radius 1 is 0.885 bits per heavy atom. The third kappa shape index (κ3) is 7.73. The van der Waals surface area contributed by atoms with Gasteiger partial charge in [0.25, 0.3) is 0 Å². The predicted molar refractivity (Wildman–Crippen MR) is 106 cm³/mol. The van der Waals surface area contributed by atoms with Gasteiger partial charge in [0.15, 0.2) is 0 Å². The summed E-state index contributed by atoms with van der Waals surface area (Å²) in [4.78, 5) is 10.4. The van der Waals surface area contributed by atoms with Crippen molar-refractivity contribution in [3.8, 4) is 5.75 Å². The van der Waals surface area contributed by atoms with Gasteiger partial charge >= 0.3 is 5.97 Å². The minimum atomic E-state index is -0.687. The minimum absolute atomic E-state index is 0.292. The summed E-state index contributed by atoms with van der Waals surface area (Å²) < 4.78 is 0. The molecule has 26 heavy (non-hydrogen) atoms. The first-order chi connectivity index (χ1) is 12.6. The normalized spacial score (nSPS) is 14.3. The summed E-state index contributed by atoms with van der Waals surface area (Å²) in [6.07, 6.45) is 9.88. The van der Waals surface area contributed by atoms with Crippen LogP contribution in [0.25, 0.3) is 0 Å². The minimum Gasteiger partial charge on any atom is -0.508 e. The Morgan fingerprint density at radius 3 is 2.08 bits per heavy atom. The molecule has 3 rings (SSSR count). The summed E-state index contributed by atoms with van der Waals surface area (Å²) in [5.74, 6) is 0.407. The van der Waals surface area contributed by atoms with Crippen LogP contribution in [-0.4, -0.2) is 16.2 Å². The average molecular weight is 354 g/mol. The molecule has 2 aromatic rings. The number of phenols is 1. The summed E-state index contributed by atoms with van der Waals surface area (Å²) in [7, 11) is 0. The molecule has 0 bridgehead atoms. The molecule has 0 atom stereocenters. The average Bonchev–Trinajstić information content (AvgIpc) is 2.67. The Bertz CT molecular complexity index is 628. The van der Waals surface area contributed by atoms with Gasteiger partial charge in [0, 0.05) is 6.42 Å². The second kappa shape index (κ2) is 11.3. The molecule has 3 heteroatoms. The van der Waals surface area contributed by atoms with E-state index in [4.69, 9.17) is 10.2 Å². The van der Waals surface area contributed by atoms with Crippen molar-refractivity contribution >= 4 is 5.97 Å². The van der Waals surface area contributed by atoms with Gasteiger partial charge in [-0.25, -0.2) is 0 Å². The number of aromatic hydroxyl groups is 1.